The molecule has 3 unspecified atom stereocenters. The van der Waals surface area contributed by atoms with Gasteiger partial charge in [-0.05, 0) is 63.2 Å². The molecule has 2 nitrogen and oxygen atoms in total. The maximum atomic E-state index is 3.54. The summed E-state index contributed by atoms with van der Waals surface area (Å²) in [6.07, 6.45) is 7.20. The minimum absolute atomic E-state index is 0.468. The third-order valence-electron chi connectivity index (χ3n) is 5.44. The molecule has 1 saturated heterocycles. The zero-order valence-corrected chi connectivity index (χ0v) is 12.9. The molecule has 0 bridgehead atoms. The topological polar surface area (TPSA) is 15.3 Å². The summed E-state index contributed by atoms with van der Waals surface area (Å²) in [5.41, 5.74) is 2.88. The third kappa shape index (κ3) is 2.77. The van der Waals surface area contributed by atoms with Gasteiger partial charge in [0.2, 0.25) is 0 Å². The predicted molar refractivity (Wildman–Crippen MR) is 84.9 cm³/mol. The Hall–Kier alpha value is -0.860. The highest BCUT2D eigenvalue weighted by Gasteiger charge is 2.35. The van der Waals surface area contributed by atoms with Gasteiger partial charge in [0.1, 0.15) is 0 Å². The van der Waals surface area contributed by atoms with Crippen molar-refractivity contribution in [3.05, 3.63) is 35.4 Å². The second-order valence-corrected chi connectivity index (χ2v) is 6.59. The van der Waals surface area contributed by atoms with Crippen molar-refractivity contribution in [2.24, 2.45) is 5.92 Å². The maximum Gasteiger partial charge on any atom is 0.0449 e. The van der Waals surface area contributed by atoms with Gasteiger partial charge in [0, 0.05) is 18.6 Å². The Kier molecular flexibility index (Phi) is 4.42. The van der Waals surface area contributed by atoms with E-state index in [0.29, 0.717) is 6.04 Å². The first-order valence-corrected chi connectivity index (χ1v) is 8.26. The van der Waals surface area contributed by atoms with E-state index in [1.807, 2.05) is 0 Å². The van der Waals surface area contributed by atoms with Crippen LogP contribution in [0.15, 0.2) is 24.3 Å². The Balaban J connectivity index is 1.73. The molecule has 3 rings (SSSR count). The van der Waals surface area contributed by atoms with E-state index in [2.05, 4.69) is 48.5 Å². The van der Waals surface area contributed by atoms with Crippen LogP contribution in [0, 0.1) is 12.8 Å². The summed E-state index contributed by atoms with van der Waals surface area (Å²) in [6.45, 7) is 4.70. The standard InChI is InChI=1S/C18H28N2/c1-14-7-3-4-10-16(14)17(19-2)13-20-12-6-9-15-8-5-11-18(15)20/h3-4,7,10,15,17-19H,5-6,8-9,11-13H2,1-2H3. The van der Waals surface area contributed by atoms with Crippen LogP contribution in [-0.2, 0) is 0 Å². The third-order valence-corrected chi connectivity index (χ3v) is 5.44. The molecular weight excluding hydrogens is 244 g/mol. The van der Waals surface area contributed by atoms with Crippen molar-refractivity contribution in [1.29, 1.82) is 0 Å². The molecular formula is C18H28N2. The smallest absolute Gasteiger partial charge is 0.0449 e. The summed E-state index contributed by atoms with van der Waals surface area (Å²) in [5.74, 6) is 0.984. The van der Waals surface area contributed by atoms with E-state index in [1.165, 1.54) is 56.3 Å². The van der Waals surface area contributed by atoms with Crippen LogP contribution in [0.25, 0.3) is 0 Å². The highest BCUT2D eigenvalue weighted by atomic mass is 15.2. The molecule has 2 aliphatic rings. The number of piperidine rings is 1. The van der Waals surface area contributed by atoms with Crippen LogP contribution in [0.4, 0.5) is 0 Å². The number of nitrogens with zero attached hydrogens (tertiary/aromatic N) is 1. The summed E-state index contributed by atoms with van der Waals surface area (Å²) in [7, 11) is 2.10. The lowest BCUT2D eigenvalue weighted by atomic mass is 9.91. The number of nitrogens with one attached hydrogen (secondary N) is 1. The van der Waals surface area contributed by atoms with E-state index in [4.69, 9.17) is 0 Å². The fraction of sp³-hybridized carbons (Fsp3) is 0.667. The number of likely N-dealkylation sites (N-methyl/N-ethyl adjacent to an activating group) is 1. The Morgan fingerprint density at radius 1 is 1.20 bits per heavy atom. The quantitative estimate of drug-likeness (QED) is 0.902. The van der Waals surface area contributed by atoms with Crippen molar-refractivity contribution in [2.45, 2.75) is 51.1 Å². The van der Waals surface area contributed by atoms with Crippen LogP contribution in [0.5, 0.6) is 0 Å². The van der Waals surface area contributed by atoms with Crippen LogP contribution in [-0.4, -0.2) is 31.1 Å². The van der Waals surface area contributed by atoms with Crippen LogP contribution in [0.3, 0.4) is 0 Å². The summed E-state index contributed by atoms with van der Waals surface area (Å²) < 4.78 is 0. The molecule has 0 amide bonds. The molecule has 1 N–H and O–H groups in total. The Labute approximate surface area is 123 Å². The van der Waals surface area contributed by atoms with E-state index in [1.54, 1.807) is 0 Å². The number of benzene rings is 1. The number of likely N-dealkylation sites (tertiary alicyclic amines) is 1. The fourth-order valence-electron chi connectivity index (χ4n) is 4.34. The Morgan fingerprint density at radius 2 is 2.00 bits per heavy atom. The summed E-state index contributed by atoms with van der Waals surface area (Å²) >= 11 is 0. The summed E-state index contributed by atoms with van der Waals surface area (Å²) in [6, 6.07) is 10.2. The molecule has 1 aliphatic heterocycles. The molecule has 20 heavy (non-hydrogen) atoms. The van der Waals surface area contributed by atoms with E-state index in [0.717, 1.165) is 12.0 Å². The molecule has 2 heteroatoms. The maximum absolute atomic E-state index is 3.54. The lowest BCUT2D eigenvalue weighted by molar-refractivity contribution is 0.102. The van der Waals surface area contributed by atoms with Gasteiger partial charge in [-0.25, -0.2) is 0 Å². The number of aryl methyl sites for hydroxylation is 1. The molecule has 110 valence electrons. The van der Waals surface area contributed by atoms with Gasteiger partial charge in [-0.1, -0.05) is 30.7 Å². The molecule has 1 aromatic rings. The van der Waals surface area contributed by atoms with Crippen LogP contribution < -0.4 is 5.32 Å². The summed E-state index contributed by atoms with van der Waals surface area (Å²) in [4.78, 5) is 2.77. The van der Waals surface area contributed by atoms with Gasteiger partial charge >= 0.3 is 0 Å². The monoisotopic (exact) mass is 272 g/mol. The van der Waals surface area contributed by atoms with Crippen LogP contribution in [0.2, 0.25) is 0 Å². The normalized spacial score (nSPS) is 28.3. The average molecular weight is 272 g/mol. The predicted octanol–water partition coefficient (Wildman–Crippen LogP) is 3.52. The van der Waals surface area contributed by atoms with Gasteiger partial charge in [0.25, 0.3) is 0 Å². The number of hydrogen-bond acceptors (Lipinski definition) is 2. The lowest BCUT2D eigenvalue weighted by Gasteiger charge is -2.40. The number of hydrogen-bond donors (Lipinski definition) is 1. The SMILES string of the molecule is CNC(CN1CCCC2CCCC21)c1ccccc1C. The first kappa shape index (κ1) is 14.1. The molecule has 1 aromatic carbocycles. The summed E-state index contributed by atoms with van der Waals surface area (Å²) in [5, 5.41) is 3.54. The molecule has 0 aromatic heterocycles. The highest BCUT2D eigenvalue weighted by molar-refractivity contribution is 5.29. The Bertz CT molecular complexity index is 443. The van der Waals surface area contributed by atoms with Gasteiger partial charge in [-0.3, -0.25) is 4.90 Å². The molecule has 1 saturated carbocycles. The second kappa shape index (κ2) is 6.28. The minimum atomic E-state index is 0.468. The molecule has 1 aliphatic carbocycles. The first-order valence-electron chi connectivity index (χ1n) is 8.26. The molecule has 1 heterocycles. The van der Waals surface area contributed by atoms with Gasteiger partial charge in [0.15, 0.2) is 0 Å². The van der Waals surface area contributed by atoms with Crippen molar-refractivity contribution in [1.82, 2.24) is 10.2 Å². The average Bonchev–Trinajstić information content (AvgIpc) is 2.95. The van der Waals surface area contributed by atoms with Crippen molar-refractivity contribution in [3.8, 4) is 0 Å². The highest BCUT2D eigenvalue weighted by Crippen LogP contribution is 2.37. The van der Waals surface area contributed by atoms with Crippen molar-refractivity contribution in [3.63, 3.8) is 0 Å². The van der Waals surface area contributed by atoms with Crippen molar-refractivity contribution < 1.29 is 0 Å². The van der Waals surface area contributed by atoms with E-state index < -0.39 is 0 Å². The fourth-order valence-corrected chi connectivity index (χ4v) is 4.34. The lowest BCUT2D eigenvalue weighted by Crippen LogP contribution is -2.46. The zero-order chi connectivity index (χ0) is 13.9. The number of rotatable bonds is 4. The van der Waals surface area contributed by atoms with Crippen molar-refractivity contribution >= 4 is 0 Å². The molecule has 0 spiro atoms. The van der Waals surface area contributed by atoms with E-state index in [-0.39, 0.29) is 0 Å². The van der Waals surface area contributed by atoms with Crippen molar-refractivity contribution in [2.75, 3.05) is 20.1 Å². The van der Waals surface area contributed by atoms with E-state index >= 15 is 0 Å². The molecule has 2 fully saturated rings. The van der Waals surface area contributed by atoms with Gasteiger partial charge in [-0.2, -0.15) is 0 Å². The Morgan fingerprint density at radius 3 is 2.80 bits per heavy atom. The molecule has 0 radical (unpaired) electrons. The van der Waals surface area contributed by atoms with Crippen LogP contribution in [0.1, 0.15) is 49.3 Å². The largest absolute Gasteiger partial charge is 0.312 e. The van der Waals surface area contributed by atoms with Gasteiger partial charge in [-0.15, -0.1) is 0 Å². The zero-order valence-electron chi connectivity index (χ0n) is 12.9. The molecule has 3 atom stereocenters. The minimum Gasteiger partial charge on any atom is -0.312 e. The van der Waals surface area contributed by atoms with E-state index in [9.17, 15) is 0 Å². The first-order chi connectivity index (χ1) is 9.79. The van der Waals surface area contributed by atoms with Gasteiger partial charge in [0.05, 0.1) is 0 Å². The number of fused-ring (bicyclic) bond motifs is 1. The van der Waals surface area contributed by atoms with Gasteiger partial charge < -0.3 is 5.32 Å². The van der Waals surface area contributed by atoms with Crippen LogP contribution >= 0.6 is 0 Å². The second-order valence-electron chi connectivity index (χ2n) is 6.59.